The lowest BCUT2D eigenvalue weighted by atomic mass is 10.1. The second-order valence-corrected chi connectivity index (χ2v) is 11.8. The number of aromatic amines is 1. The third-order valence-corrected chi connectivity index (χ3v) is 9.20. The van der Waals surface area contributed by atoms with Crippen LogP contribution in [0.1, 0.15) is 17.3 Å². The summed E-state index contributed by atoms with van der Waals surface area (Å²) in [5, 5.41) is 4.98. The molecular weight excluding hydrogens is 550 g/mol. The van der Waals surface area contributed by atoms with Crippen molar-refractivity contribution >= 4 is 32.7 Å². The van der Waals surface area contributed by atoms with Gasteiger partial charge in [0.2, 0.25) is 0 Å². The number of ether oxygens (including phenoxy) is 1. The van der Waals surface area contributed by atoms with Crippen molar-refractivity contribution in [1.29, 1.82) is 0 Å². The van der Waals surface area contributed by atoms with E-state index < -0.39 is 10.0 Å². The average Bonchev–Trinajstić information content (AvgIpc) is 3.63. The van der Waals surface area contributed by atoms with Gasteiger partial charge >= 0.3 is 5.97 Å². The fraction of sp³-hybridized carbons (Fsp3) is 0.0938. The molecule has 3 heterocycles. The Kier molecular flexibility index (Phi) is 5.95. The number of esters is 1. The molecule has 2 aromatic heterocycles. The van der Waals surface area contributed by atoms with Gasteiger partial charge in [-0.2, -0.15) is 5.10 Å². The highest BCUT2D eigenvalue weighted by Crippen LogP contribution is 2.47. The molecule has 0 saturated carbocycles. The van der Waals surface area contributed by atoms with Crippen molar-refractivity contribution in [2.45, 2.75) is 11.8 Å². The topological polar surface area (TPSA) is 110 Å². The molecule has 0 radical (unpaired) electrons. The van der Waals surface area contributed by atoms with E-state index >= 15 is 0 Å². The maximum atomic E-state index is 13.5. The van der Waals surface area contributed by atoms with Gasteiger partial charge in [0.25, 0.3) is 10.0 Å². The van der Waals surface area contributed by atoms with E-state index in [1.165, 1.54) is 4.31 Å². The minimum absolute atomic E-state index is 0.232. The van der Waals surface area contributed by atoms with Crippen molar-refractivity contribution in [1.82, 2.24) is 19.7 Å². The van der Waals surface area contributed by atoms with Crippen molar-refractivity contribution in [3.8, 4) is 39.6 Å². The van der Waals surface area contributed by atoms with Gasteiger partial charge in [0.1, 0.15) is 17.2 Å². The Balaban J connectivity index is 1.34. The number of anilines is 1. The van der Waals surface area contributed by atoms with Gasteiger partial charge in [0, 0.05) is 23.7 Å². The second-order valence-electron chi connectivity index (χ2n) is 9.88. The molecule has 208 valence electrons. The quantitative estimate of drug-likeness (QED) is 0.250. The Hall–Kier alpha value is -5.22. The number of benzene rings is 4. The van der Waals surface area contributed by atoms with E-state index in [9.17, 15) is 13.2 Å². The van der Waals surface area contributed by atoms with Crippen LogP contribution in [0.4, 0.5) is 5.69 Å². The van der Waals surface area contributed by atoms with Gasteiger partial charge in [-0.3, -0.25) is 4.31 Å². The van der Waals surface area contributed by atoms with E-state index in [1.807, 2.05) is 60.7 Å². The molecule has 4 aromatic carbocycles. The molecule has 0 unspecified atom stereocenters. The minimum Gasteiger partial charge on any atom is -0.462 e. The van der Waals surface area contributed by atoms with Crippen LogP contribution in [0.25, 0.3) is 50.6 Å². The third-order valence-electron chi connectivity index (χ3n) is 7.38. The van der Waals surface area contributed by atoms with Crippen molar-refractivity contribution in [3.05, 3.63) is 103 Å². The number of nitrogens with one attached hydrogen (secondary N) is 1. The Morgan fingerprint density at radius 1 is 0.905 bits per heavy atom. The number of aromatic nitrogens is 4. The number of rotatable bonds is 5. The molecule has 0 bridgehead atoms. The fourth-order valence-corrected chi connectivity index (χ4v) is 6.74. The Morgan fingerprint density at radius 2 is 1.64 bits per heavy atom. The van der Waals surface area contributed by atoms with Gasteiger partial charge in [0.15, 0.2) is 0 Å². The number of sulfonamides is 1. The molecule has 0 aliphatic carbocycles. The molecule has 9 nitrogen and oxygen atoms in total. The molecule has 1 aliphatic heterocycles. The van der Waals surface area contributed by atoms with E-state index in [-0.39, 0.29) is 10.9 Å². The number of nitrogens with zero attached hydrogens (tertiary/aromatic N) is 4. The summed E-state index contributed by atoms with van der Waals surface area (Å²) >= 11 is 0. The van der Waals surface area contributed by atoms with Crippen LogP contribution in [0.5, 0.6) is 0 Å². The largest absolute Gasteiger partial charge is 0.462 e. The summed E-state index contributed by atoms with van der Waals surface area (Å²) in [6.07, 6.45) is 0. The Bertz CT molecular complexity index is 2100. The molecule has 42 heavy (non-hydrogen) atoms. The highest BCUT2D eigenvalue weighted by atomic mass is 32.2. The molecule has 0 atom stereocenters. The van der Waals surface area contributed by atoms with Gasteiger partial charge in [-0.1, -0.05) is 48.5 Å². The van der Waals surface area contributed by atoms with Gasteiger partial charge in [0.05, 0.1) is 39.5 Å². The summed E-state index contributed by atoms with van der Waals surface area (Å²) in [6, 6.07) is 29.6. The maximum Gasteiger partial charge on any atom is 0.338 e. The molecule has 10 heteroatoms. The van der Waals surface area contributed by atoms with Gasteiger partial charge in [-0.05, 0) is 55.5 Å². The number of fused-ring (bicyclic) bond motifs is 4. The van der Waals surface area contributed by atoms with E-state index in [2.05, 4.69) is 4.98 Å². The van der Waals surface area contributed by atoms with Crippen LogP contribution in [0, 0.1) is 0 Å². The van der Waals surface area contributed by atoms with Crippen LogP contribution in [0.2, 0.25) is 0 Å². The molecule has 6 aromatic rings. The average molecular weight is 576 g/mol. The summed E-state index contributed by atoms with van der Waals surface area (Å²) in [6.45, 7) is 2.08. The number of hydrogen-bond donors (Lipinski definition) is 1. The van der Waals surface area contributed by atoms with Crippen molar-refractivity contribution in [2.75, 3.05) is 18.0 Å². The predicted molar refractivity (Wildman–Crippen MR) is 161 cm³/mol. The first-order valence-electron chi connectivity index (χ1n) is 13.4. The van der Waals surface area contributed by atoms with Crippen LogP contribution in [0.3, 0.4) is 0 Å². The van der Waals surface area contributed by atoms with E-state index in [0.29, 0.717) is 40.6 Å². The molecule has 1 N–H and O–H groups in total. The Labute approximate surface area is 242 Å². The lowest BCUT2D eigenvalue weighted by Crippen LogP contribution is -2.30. The predicted octanol–water partition coefficient (Wildman–Crippen LogP) is 6.06. The normalized spacial score (nSPS) is 13.5. The fourth-order valence-electron chi connectivity index (χ4n) is 5.33. The van der Waals surface area contributed by atoms with Crippen molar-refractivity contribution in [2.24, 2.45) is 0 Å². The highest BCUT2D eigenvalue weighted by Gasteiger charge is 2.38. The Morgan fingerprint density at radius 3 is 2.40 bits per heavy atom. The van der Waals surface area contributed by atoms with Gasteiger partial charge in [-0.25, -0.2) is 22.9 Å². The first-order valence-corrected chi connectivity index (χ1v) is 14.9. The van der Waals surface area contributed by atoms with Crippen LogP contribution in [-0.2, 0) is 14.8 Å². The van der Waals surface area contributed by atoms with Gasteiger partial charge in [-0.15, -0.1) is 0 Å². The lowest BCUT2D eigenvalue weighted by Gasteiger charge is -2.26. The van der Waals surface area contributed by atoms with E-state index in [0.717, 1.165) is 27.8 Å². The van der Waals surface area contributed by atoms with Crippen molar-refractivity contribution in [3.63, 3.8) is 0 Å². The molecule has 0 spiro atoms. The van der Waals surface area contributed by atoms with E-state index in [4.69, 9.17) is 14.8 Å². The summed E-state index contributed by atoms with van der Waals surface area (Å²) in [7, 11) is -2.19. The molecule has 7 rings (SSSR count). The smallest absolute Gasteiger partial charge is 0.338 e. The SMILES string of the molecule is CCOC(=O)c1ccc2nc(-c3ccc(-n4nc5c(c4-c4ccccc4)N(C)S(=O)(=O)c4ccccc4-5)cc3)[nH]c2c1. The van der Waals surface area contributed by atoms with Crippen LogP contribution >= 0.6 is 0 Å². The molecular formula is C32H25N5O4S. The number of H-pyrrole nitrogens is 1. The van der Waals surface area contributed by atoms with Crippen molar-refractivity contribution < 1.29 is 17.9 Å². The summed E-state index contributed by atoms with van der Waals surface area (Å²) in [4.78, 5) is 20.4. The monoisotopic (exact) mass is 575 g/mol. The van der Waals surface area contributed by atoms with Crippen LogP contribution in [0.15, 0.2) is 102 Å². The van der Waals surface area contributed by atoms with Gasteiger partial charge < -0.3 is 9.72 Å². The first kappa shape index (κ1) is 25.7. The third kappa shape index (κ3) is 3.99. The van der Waals surface area contributed by atoms with E-state index in [1.54, 1.807) is 55.1 Å². The summed E-state index contributed by atoms with van der Waals surface area (Å²) in [5.41, 5.74) is 6.73. The summed E-state index contributed by atoms with van der Waals surface area (Å²) in [5.74, 6) is 0.275. The van der Waals surface area contributed by atoms with Crippen LogP contribution < -0.4 is 4.31 Å². The zero-order valence-electron chi connectivity index (χ0n) is 22.8. The lowest BCUT2D eigenvalue weighted by molar-refractivity contribution is 0.0526. The standard InChI is InChI=1S/C32H25N5O4S/c1-3-41-32(38)22-15-18-25-26(19-22)34-31(33-25)21-13-16-23(17-14-21)37-29(20-9-5-4-6-10-20)30-28(35-37)24-11-7-8-12-27(24)42(39,40)36(30)2/h4-19H,3H2,1-2H3,(H,33,34). The van der Waals surface area contributed by atoms with Crippen LogP contribution in [-0.4, -0.2) is 47.8 Å². The molecule has 0 fully saturated rings. The number of hydrogen-bond acceptors (Lipinski definition) is 6. The maximum absolute atomic E-state index is 13.5. The first-order chi connectivity index (χ1) is 20.4. The number of carbonyl (C=O) groups excluding carboxylic acids is 1. The molecule has 0 saturated heterocycles. The zero-order chi connectivity index (χ0) is 29.0. The molecule has 0 amide bonds. The second kappa shape index (κ2) is 9.71. The molecule has 1 aliphatic rings. The minimum atomic E-state index is -3.76. The number of carbonyl (C=O) groups is 1. The highest BCUT2D eigenvalue weighted by molar-refractivity contribution is 7.93. The summed E-state index contributed by atoms with van der Waals surface area (Å²) < 4.78 is 35.3. The number of imidazole rings is 1. The zero-order valence-corrected chi connectivity index (χ0v) is 23.6.